The summed E-state index contributed by atoms with van der Waals surface area (Å²) in [7, 11) is 2.74. The highest BCUT2D eigenvalue weighted by atomic mass is 16.5. The number of nitriles is 1. The molecule has 0 saturated heterocycles. The van der Waals surface area contributed by atoms with E-state index < -0.39 is 5.97 Å². The third-order valence-corrected chi connectivity index (χ3v) is 1.88. The Labute approximate surface area is 87.3 Å². The number of aromatic nitrogens is 1. The lowest BCUT2D eigenvalue weighted by Gasteiger charge is -2.06. The summed E-state index contributed by atoms with van der Waals surface area (Å²) >= 11 is 0. The second-order valence-electron chi connectivity index (χ2n) is 2.74. The molecule has 0 aliphatic heterocycles. The van der Waals surface area contributed by atoms with Gasteiger partial charge in [-0.2, -0.15) is 5.26 Å². The van der Waals surface area contributed by atoms with E-state index in [-0.39, 0.29) is 6.42 Å². The minimum Gasteiger partial charge on any atom is -0.494 e. The Morgan fingerprint density at radius 2 is 2.27 bits per heavy atom. The maximum atomic E-state index is 11.0. The van der Waals surface area contributed by atoms with Crippen molar-refractivity contribution in [3.63, 3.8) is 0 Å². The molecule has 5 heteroatoms. The number of carbonyl (C=O) groups is 1. The molecule has 0 aliphatic rings. The van der Waals surface area contributed by atoms with Gasteiger partial charge in [0.2, 0.25) is 0 Å². The Morgan fingerprint density at radius 1 is 1.53 bits per heavy atom. The van der Waals surface area contributed by atoms with Crippen molar-refractivity contribution in [1.82, 2.24) is 4.98 Å². The molecule has 0 N–H and O–H groups in total. The largest absolute Gasteiger partial charge is 0.494 e. The summed E-state index contributed by atoms with van der Waals surface area (Å²) < 4.78 is 9.47. The van der Waals surface area contributed by atoms with Crippen molar-refractivity contribution in [2.75, 3.05) is 14.2 Å². The maximum absolute atomic E-state index is 11.0. The van der Waals surface area contributed by atoms with Crippen molar-refractivity contribution in [3.05, 3.63) is 23.5 Å². The van der Waals surface area contributed by atoms with Gasteiger partial charge in [0, 0.05) is 11.8 Å². The number of esters is 1. The highest BCUT2D eigenvalue weighted by molar-refractivity contribution is 5.73. The summed E-state index contributed by atoms with van der Waals surface area (Å²) in [6.45, 7) is 0. The number of methoxy groups -OCH3 is 2. The van der Waals surface area contributed by atoms with E-state index in [0.717, 1.165) is 0 Å². The van der Waals surface area contributed by atoms with E-state index >= 15 is 0 Å². The summed E-state index contributed by atoms with van der Waals surface area (Å²) in [5, 5.41) is 8.91. The van der Waals surface area contributed by atoms with Crippen molar-refractivity contribution in [2.45, 2.75) is 6.42 Å². The highest BCUT2D eigenvalue weighted by Crippen LogP contribution is 2.19. The monoisotopic (exact) mass is 206 g/mol. The highest BCUT2D eigenvalue weighted by Gasteiger charge is 2.12. The first-order chi connectivity index (χ1) is 7.22. The van der Waals surface area contributed by atoms with Gasteiger partial charge in [-0.1, -0.05) is 0 Å². The van der Waals surface area contributed by atoms with Crippen molar-refractivity contribution in [2.24, 2.45) is 0 Å². The Morgan fingerprint density at radius 3 is 2.80 bits per heavy atom. The molecule has 1 rings (SSSR count). The van der Waals surface area contributed by atoms with Crippen LogP contribution in [0.5, 0.6) is 5.75 Å². The fraction of sp³-hybridized carbons (Fsp3) is 0.300. The van der Waals surface area contributed by atoms with Crippen molar-refractivity contribution >= 4 is 5.97 Å². The molecule has 0 unspecified atom stereocenters. The van der Waals surface area contributed by atoms with Gasteiger partial charge in [0.25, 0.3) is 0 Å². The number of hydrogen-bond acceptors (Lipinski definition) is 5. The minimum absolute atomic E-state index is 0.0175. The molecule has 78 valence electrons. The lowest BCUT2D eigenvalue weighted by molar-refractivity contribution is -0.139. The lowest BCUT2D eigenvalue weighted by atomic mass is 10.1. The second-order valence-corrected chi connectivity index (χ2v) is 2.74. The molecule has 0 aromatic carbocycles. The Kier molecular flexibility index (Phi) is 3.63. The van der Waals surface area contributed by atoms with E-state index in [9.17, 15) is 4.79 Å². The minimum atomic E-state index is -0.415. The van der Waals surface area contributed by atoms with Gasteiger partial charge in [0.05, 0.1) is 26.8 Å². The smallest absolute Gasteiger partial charge is 0.310 e. The normalized spacial score (nSPS) is 9.13. The van der Waals surface area contributed by atoms with Crippen LogP contribution < -0.4 is 4.74 Å². The zero-order valence-corrected chi connectivity index (χ0v) is 8.48. The van der Waals surface area contributed by atoms with Crippen LogP contribution in [0.2, 0.25) is 0 Å². The van der Waals surface area contributed by atoms with Crippen LogP contribution in [-0.4, -0.2) is 25.2 Å². The van der Waals surface area contributed by atoms with Gasteiger partial charge in [0.15, 0.2) is 5.75 Å². The van der Waals surface area contributed by atoms with E-state index in [1.54, 1.807) is 0 Å². The van der Waals surface area contributed by atoms with Crippen LogP contribution >= 0.6 is 0 Å². The molecule has 15 heavy (non-hydrogen) atoms. The van der Waals surface area contributed by atoms with E-state index in [4.69, 9.17) is 10.00 Å². The number of nitrogens with zero attached hydrogens (tertiary/aromatic N) is 2. The van der Waals surface area contributed by atoms with Gasteiger partial charge in [-0.05, 0) is 0 Å². The van der Waals surface area contributed by atoms with Crippen LogP contribution in [0.1, 0.15) is 11.1 Å². The van der Waals surface area contributed by atoms with E-state index in [2.05, 4.69) is 9.72 Å². The van der Waals surface area contributed by atoms with Gasteiger partial charge in [-0.15, -0.1) is 0 Å². The third kappa shape index (κ3) is 2.44. The summed E-state index contributed by atoms with van der Waals surface area (Å²) in [5.74, 6) is -0.0551. The average Bonchev–Trinajstić information content (AvgIpc) is 2.28. The fourth-order valence-corrected chi connectivity index (χ4v) is 1.13. The number of ether oxygens (including phenoxy) is 2. The van der Waals surface area contributed by atoms with Crippen LogP contribution in [0.3, 0.4) is 0 Å². The second kappa shape index (κ2) is 4.96. The number of carbonyl (C=O) groups excluding carboxylic acids is 1. The van der Waals surface area contributed by atoms with Crippen LogP contribution in [0, 0.1) is 11.3 Å². The quantitative estimate of drug-likeness (QED) is 0.680. The van der Waals surface area contributed by atoms with Gasteiger partial charge < -0.3 is 9.47 Å². The molecule has 1 aromatic heterocycles. The number of pyridine rings is 1. The van der Waals surface area contributed by atoms with Crippen LogP contribution in [-0.2, 0) is 16.0 Å². The van der Waals surface area contributed by atoms with Crippen LogP contribution in [0.25, 0.3) is 0 Å². The molecule has 0 fully saturated rings. The molecular formula is C10H10N2O3. The number of hydrogen-bond donors (Lipinski definition) is 0. The predicted octanol–water partition coefficient (Wildman–Crippen LogP) is 0.677. The zero-order valence-electron chi connectivity index (χ0n) is 8.48. The Bertz CT molecular complexity index is 410. The first kappa shape index (κ1) is 11.0. The molecule has 0 saturated carbocycles. The third-order valence-electron chi connectivity index (χ3n) is 1.88. The molecule has 0 amide bonds. The molecule has 0 bridgehead atoms. The molecule has 0 aliphatic carbocycles. The van der Waals surface area contributed by atoms with E-state index in [1.165, 1.54) is 26.6 Å². The number of rotatable bonds is 3. The zero-order chi connectivity index (χ0) is 11.3. The summed E-state index contributed by atoms with van der Waals surface area (Å²) in [5.41, 5.74) is 0.821. The SMILES string of the molecule is COC(=O)Cc1cncc(OC)c1C#N. The Balaban J connectivity index is 3.08. The first-order valence-electron chi connectivity index (χ1n) is 4.20. The molecule has 1 heterocycles. The van der Waals surface area contributed by atoms with Gasteiger partial charge in [-0.25, -0.2) is 0 Å². The van der Waals surface area contributed by atoms with Crippen molar-refractivity contribution in [3.8, 4) is 11.8 Å². The van der Waals surface area contributed by atoms with E-state index in [0.29, 0.717) is 16.9 Å². The van der Waals surface area contributed by atoms with Crippen molar-refractivity contribution in [1.29, 1.82) is 5.26 Å². The van der Waals surface area contributed by atoms with Crippen LogP contribution in [0.4, 0.5) is 0 Å². The van der Waals surface area contributed by atoms with Crippen molar-refractivity contribution < 1.29 is 14.3 Å². The fourth-order valence-electron chi connectivity index (χ4n) is 1.13. The lowest BCUT2D eigenvalue weighted by Crippen LogP contribution is -2.07. The first-order valence-corrected chi connectivity index (χ1v) is 4.20. The summed E-state index contributed by atoms with van der Waals surface area (Å²) in [6, 6.07) is 1.97. The molecule has 1 aromatic rings. The Hall–Kier alpha value is -2.09. The molecule has 0 atom stereocenters. The van der Waals surface area contributed by atoms with Crippen LogP contribution in [0.15, 0.2) is 12.4 Å². The molecule has 0 spiro atoms. The molecular weight excluding hydrogens is 196 g/mol. The van der Waals surface area contributed by atoms with E-state index in [1.807, 2.05) is 6.07 Å². The molecule has 0 radical (unpaired) electrons. The standard InChI is InChI=1S/C10H10N2O3/c1-14-9-6-12-5-7(8(9)4-11)3-10(13)15-2/h5-6H,3H2,1-2H3. The van der Waals surface area contributed by atoms with Gasteiger partial charge in [0.1, 0.15) is 11.6 Å². The predicted molar refractivity (Wildman–Crippen MR) is 51.2 cm³/mol. The maximum Gasteiger partial charge on any atom is 0.310 e. The van der Waals surface area contributed by atoms with Gasteiger partial charge in [-0.3, -0.25) is 9.78 Å². The summed E-state index contributed by atoms with van der Waals surface area (Å²) in [4.78, 5) is 14.9. The average molecular weight is 206 g/mol. The van der Waals surface area contributed by atoms with Gasteiger partial charge >= 0.3 is 5.97 Å². The summed E-state index contributed by atoms with van der Waals surface area (Å²) in [6.07, 6.45) is 2.90. The molecule has 5 nitrogen and oxygen atoms in total. The topological polar surface area (TPSA) is 72.2 Å².